The van der Waals surface area contributed by atoms with Crippen molar-refractivity contribution in [3.63, 3.8) is 0 Å². The average Bonchev–Trinajstić information content (AvgIpc) is 3.61. The van der Waals surface area contributed by atoms with Crippen LogP contribution in [0.4, 0.5) is 21.9 Å². The monoisotopic (exact) mass is 405 g/mol. The first kappa shape index (κ1) is 19.2. The molecule has 3 aromatic rings. The predicted octanol–water partition coefficient (Wildman–Crippen LogP) is 2.86. The van der Waals surface area contributed by atoms with Crippen molar-refractivity contribution < 1.29 is 14.3 Å². The zero-order valence-corrected chi connectivity index (χ0v) is 16.1. The first-order chi connectivity index (χ1) is 14.6. The van der Waals surface area contributed by atoms with Gasteiger partial charge < -0.3 is 15.4 Å². The number of amides is 2. The smallest absolute Gasteiger partial charge is 0.389 e. The molecule has 0 aromatic carbocycles. The molecule has 3 aromatic heterocycles. The van der Waals surface area contributed by atoms with E-state index in [1.165, 1.54) is 31.8 Å². The van der Waals surface area contributed by atoms with Gasteiger partial charge in [0.1, 0.15) is 12.0 Å². The number of nitrogens with one attached hydrogen (secondary N) is 3. The number of hydrogen-bond acceptors (Lipinski definition) is 8. The summed E-state index contributed by atoms with van der Waals surface area (Å²) in [7, 11) is 1.50. The van der Waals surface area contributed by atoms with Crippen molar-refractivity contribution >= 4 is 29.1 Å². The quantitative estimate of drug-likeness (QED) is 0.570. The highest BCUT2D eigenvalue weighted by Crippen LogP contribution is 2.41. The van der Waals surface area contributed by atoms with Gasteiger partial charge in [0.15, 0.2) is 0 Å². The highest BCUT2D eigenvalue weighted by atomic mass is 16.6. The molecule has 0 aliphatic heterocycles. The topological polar surface area (TPSA) is 131 Å². The van der Waals surface area contributed by atoms with Crippen molar-refractivity contribution in [2.24, 2.45) is 0 Å². The third-order valence-electron chi connectivity index (χ3n) is 4.44. The maximum Gasteiger partial charge on any atom is 0.418 e. The summed E-state index contributed by atoms with van der Waals surface area (Å²) >= 11 is 0. The number of hydrogen-bond donors (Lipinski definition) is 3. The van der Waals surface area contributed by atoms with Crippen molar-refractivity contribution in [2.75, 3.05) is 17.7 Å². The standard InChI is InChI=1S/C20H19N7O3/c1-21-18(28)14-6-7-22-10-17(14)27-20(29)30-19-16(25-13-8-23-11-24-9-13)5-4-15(26-19)12-2-3-12/h4-12,25H,2-3H2,1H3,(H,21,28)(H,27,29). The van der Waals surface area contributed by atoms with E-state index in [2.05, 4.69) is 35.9 Å². The van der Waals surface area contributed by atoms with Crippen LogP contribution in [0.2, 0.25) is 0 Å². The molecule has 0 radical (unpaired) electrons. The Morgan fingerprint density at radius 3 is 2.57 bits per heavy atom. The molecule has 3 heterocycles. The van der Waals surface area contributed by atoms with Crippen LogP contribution in [0.25, 0.3) is 0 Å². The average molecular weight is 405 g/mol. The van der Waals surface area contributed by atoms with Crippen molar-refractivity contribution in [3.8, 4) is 5.88 Å². The summed E-state index contributed by atoms with van der Waals surface area (Å²) in [6.45, 7) is 0. The van der Waals surface area contributed by atoms with Crippen LogP contribution in [-0.4, -0.2) is 39.0 Å². The van der Waals surface area contributed by atoms with E-state index < -0.39 is 6.09 Å². The lowest BCUT2D eigenvalue weighted by atomic mass is 10.2. The first-order valence-corrected chi connectivity index (χ1v) is 9.32. The number of ether oxygens (including phenoxy) is 1. The molecule has 0 bridgehead atoms. The maximum absolute atomic E-state index is 12.6. The molecule has 0 atom stereocenters. The summed E-state index contributed by atoms with van der Waals surface area (Å²) in [6.07, 6.45) is 8.77. The Morgan fingerprint density at radius 2 is 1.83 bits per heavy atom. The van der Waals surface area contributed by atoms with Crippen molar-refractivity contribution in [1.29, 1.82) is 0 Å². The van der Waals surface area contributed by atoms with Gasteiger partial charge in [-0.15, -0.1) is 0 Å². The van der Waals surface area contributed by atoms with Gasteiger partial charge in [0.05, 0.1) is 35.5 Å². The number of carbonyl (C=O) groups is 2. The van der Waals surface area contributed by atoms with E-state index in [1.807, 2.05) is 6.07 Å². The molecule has 1 fully saturated rings. The van der Waals surface area contributed by atoms with Gasteiger partial charge >= 0.3 is 6.09 Å². The highest BCUT2D eigenvalue weighted by Gasteiger charge is 2.26. The molecule has 0 spiro atoms. The third-order valence-corrected chi connectivity index (χ3v) is 4.44. The maximum atomic E-state index is 12.6. The lowest BCUT2D eigenvalue weighted by molar-refractivity contribution is 0.0964. The van der Waals surface area contributed by atoms with Crippen molar-refractivity contribution in [2.45, 2.75) is 18.8 Å². The molecule has 1 saturated carbocycles. The third kappa shape index (κ3) is 4.49. The molecular formula is C20H19N7O3. The van der Waals surface area contributed by atoms with E-state index in [4.69, 9.17) is 4.74 Å². The molecule has 152 valence electrons. The summed E-state index contributed by atoms with van der Waals surface area (Å²) in [5, 5.41) is 8.17. The van der Waals surface area contributed by atoms with Crippen LogP contribution in [-0.2, 0) is 0 Å². The minimum absolute atomic E-state index is 0.117. The number of aromatic nitrogens is 4. The van der Waals surface area contributed by atoms with Gasteiger partial charge in [0.25, 0.3) is 5.91 Å². The van der Waals surface area contributed by atoms with Crippen LogP contribution in [0.3, 0.4) is 0 Å². The normalized spacial score (nSPS) is 12.7. The molecule has 1 aliphatic rings. The number of nitrogens with zero attached hydrogens (tertiary/aromatic N) is 4. The second kappa shape index (κ2) is 8.52. The lowest BCUT2D eigenvalue weighted by Crippen LogP contribution is -2.23. The lowest BCUT2D eigenvalue weighted by Gasteiger charge is -2.13. The van der Waals surface area contributed by atoms with Crippen molar-refractivity contribution in [3.05, 3.63) is 60.6 Å². The summed E-state index contributed by atoms with van der Waals surface area (Å²) in [5.41, 5.74) is 2.47. The minimum atomic E-state index is -0.791. The fourth-order valence-corrected chi connectivity index (χ4v) is 2.80. The SMILES string of the molecule is CNC(=O)c1ccncc1NC(=O)Oc1nc(C2CC2)ccc1Nc1cncnc1. The fourth-order valence-electron chi connectivity index (χ4n) is 2.80. The van der Waals surface area contributed by atoms with Crippen LogP contribution >= 0.6 is 0 Å². The van der Waals surface area contributed by atoms with Gasteiger partial charge in [-0.05, 0) is 31.0 Å². The first-order valence-electron chi connectivity index (χ1n) is 9.32. The van der Waals surface area contributed by atoms with E-state index in [1.54, 1.807) is 18.5 Å². The molecule has 2 amide bonds. The van der Waals surface area contributed by atoms with Gasteiger partial charge in [-0.25, -0.2) is 19.7 Å². The second-order valence-corrected chi connectivity index (χ2v) is 6.63. The Kier molecular flexibility index (Phi) is 5.46. The van der Waals surface area contributed by atoms with E-state index in [9.17, 15) is 9.59 Å². The van der Waals surface area contributed by atoms with Gasteiger partial charge in [0.2, 0.25) is 5.88 Å². The van der Waals surface area contributed by atoms with Gasteiger partial charge in [-0.2, -0.15) is 0 Å². The molecule has 0 saturated heterocycles. The molecule has 10 nitrogen and oxygen atoms in total. The second-order valence-electron chi connectivity index (χ2n) is 6.63. The Labute approximate surface area is 172 Å². The summed E-state index contributed by atoms with van der Waals surface area (Å²) in [5.74, 6) is 0.141. The molecular weight excluding hydrogens is 386 g/mol. The number of rotatable bonds is 6. The van der Waals surface area contributed by atoms with Crippen molar-refractivity contribution in [1.82, 2.24) is 25.3 Å². The van der Waals surface area contributed by atoms with Crippen LogP contribution in [0.1, 0.15) is 34.8 Å². The molecule has 0 unspecified atom stereocenters. The van der Waals surface area contributed by atoms with E-state index in [0.717, 1.165) is 18.5 Å². The zero-order chi connectivity index (χ0) is 20.9. The fraction of sp³-hybridized carbons (Fsp3) is 0.200. The van der Waals surface area contributed by atoms with Gasteiger partial charge in [-0.3, -0.25) is 15.1 Å². The van der Waals surface area contributed by atoms with Gasteiger partial charge in [-0.1, -0.05) is 0 Å². The molecule has 10 heteroatoms. The van der Waals surface area contributed by atoms with Crippen LogP contribution in [0, 0.1) is 0 Å². The van der Waals surface area contributed by atoms with Crippen LogP contribution in [0.15, 0.2) is 49.3 Å². The number of pyridine rings is 2. The number of anilines is 3. The zero-order valence-electron chi connectivity index (χ0n) is 16.1. The summed E-state index contributed by atoms with van der Waals surface area (Å²) < 4.78 is 5.48. The van der Waals surface area contributed by atoms with E-state index in [-0.39, 0.29) is 23.0 Å². The van der Waals surface area contributed by atoms with E-state index >= 15 is 0 Å². The molecule has 30 heavy (non-hydrogen) atoms. The Bertz CT molecular complexity index is 1070. The summed E-state index contributed by atoms with van der Waals surface area (Å²) in [4.78, 5) is 40.9. The Morgan fingerprint density at radius 1 is 1.03 bits per heavy atom. The largest absolute Gasteiger partial charge is 0.418 e. The van der Waals surface area contributed by atoms with E-state index in [0.29, 0.717) is 17.3 Å². The van der Waals surface area contributed by atoms with Crippen LogP contribution < -0.4 is 20.7 Å². The minimum Gasteiger partial charge on any atom is -0.389 e. The van der Waals surface area contributed by atoms with Crippen LogP contribution in [0.5, 0.6) is 5.88 Å². The Hall–Kier alpha value is -4.08. The number of carbonyl (C=O) groups excluding carboxylic acids is 2. The molecule has 1 aliphatic carbocycles. The molecule has 4 rings (SSSR count). The predicted molar refractivity (Wildman–Crippen MR) is 109 cm³/mol. The molecule has 3 N–H and O–H groups in total. The highest BCUT2D eigenvalue weighted by molar-refractivity contribution is 6.02. The summed E-state index contributed by atoms with van der Waals surface area (Å²) in [6, 6.07) is 5.21. The Balaban J connectivity index is 1.56. The van der Waals surface area contributed by atoms with Gasteiger partial charge in [0, 0.05) is 24.9 Å².